The number of benzene rings is 1. The van der Waals surface area contributed by atoms with Gasteiger partial charge in [-0.25, -0.2) is 15.1 Å². The number of anilines is 1. The Balaban J connectivity index is 1.34. The van der Waals surface area contributed by atoms with E-state index in [1.165, 1.54) is 35.0 Å². The number of carbonyl (C=O) groups excluding carboxylic acids is 1. The van der Waals surface area contributed by atoms with Crippen molar-refractivity contribution in [3.63, 3.8) is 0 Å². The van der Waals surface area contributed by atoms with Gasteiger partial charge >= 0.3 is 10.3 Å². The molecule has 3 aromatic rings. The van der Waals surface area contributed by atoms with Gasteiger partial charge in [0.2, 0.25) is 5.78 Å². The van der Waals surface area contributed by atoms with Crippen LogP contribution in [0.1, 0.15) is 55.7 Å². The van der Waals surface area contributed by atoms with Crippen LogP contribution in [0.15, 0.2) is 42.9 Å². The number of nitrogens with zero attached hydrogens (tertiary/aromatic N) is 2. The van der Waals surface area contributed by atoms with Crippen molar-refractivity contribution in [2.75, 3.05) is 18.5 Å². The second-order valence-electron chi connectivity index (χ2n) is 9.49. The number of hydrogen-bond acceptors (Lipinski definition) is 10. The highest BCUT2D eigenvalue weighted by atomic mass is 32.2. The van der Waals surface area contributed by atoms with Gasteiger partial charge in [-0.2, -0.15) is 8.42 Å². The van der Waals surface area contributed by atoms with Crippen molar-refractivity contribution in [3.05, 3.63) is 74.9 Å². The van der Waals surface area contributed by atoms with Crippen LogP contribution in [0.2, 0.25) is 0 Å². The third kappa shape index (κ3) is 5.74. The molecule has 0 bridgehead atoms. The zero-order valence-electron chi connectivity index (χ0n) is 20.3. The smallest absolute Gasteiger partial charge is 0.333 e. The van der Waals surface area contributed by atoms with E-state index < -0.39 is 22.3 Å². The number of aromatic nitrogens is 2. The number of aryl methyl sites for hydroxylation is 1. The number of aliphatic hydroxyl groups is 1. The molecule has 0 radical (unpaired) electrons. The zero-order chi connectivity index (χ0) is 26.2. The molecule has 0 amide bonds. The van der Waals surface area contributed by atoms with Crippen molar-refractivity contribution in [1.82, 2.24) is 15.3 Å². The number of aliphatic hydroxyl groups excluding tert-OH is 1. The Morgan fingerprint density at radius 3 is 2.92 bits per heavy atom. The van der Waals surface area contributed by atoms with E-state index in [-0.39, 0.29) is 24.5 Å². The molecule has 5 rings (SSSR count). The maximum atomic E-state index is 13.6. The van der Waals surface area contributed by atoms with Crippen LogP contribution in [0.3, 0.4) is 0 Å². The van der Waals surface area contributed by atoms with Gasteiger partial charge in [-0.1, -0.05) is 24.3 Å². The van der Waals surface area contributed by atoms with Crippen LogP contribution in [0.4, 0.5) is 5.82 Å². The van der Waals surface area contributed by atoms with Gasteiger partial charge in [0.05, 0.1) is 29.2 Å². The fourth-order valence-corrected chi connectivity index (χ4v) is 6.57. The molecule has 2 aliphatic rings. The third-order valence-corrected chi connectivity index (χ3v) is 8.53. The first kappa shape index (κ1) is 25.9. The highest BCUT2D eigenvalue weighted by Gasteiger charge is 2.35. The van der Waals surface area contributed by atoms with Crippen LogP contribution < -0.4 is 15.8 Å². The second kappa shape index (κ2) is 10.6. The van der Waals surface area contributed by atoms with E-state index in [9.17, 15) is 18.3 Å². The molecule has 1 saturated carbocycles. The summed E-state index contributed by atoms with van der Waals surface area (Å²) < 4.78 is 26.9. The minimum atomic E-state index is -4.09. The minimum absolute atomic E-state index is 0.0313. The van der Waals surface area contributed by atoms with E-state index in [1.54, 1.807) is 0 Å². The molecule has 3 heterocycles. The van der Waals surface area contributed by atoms with Crippen molar-refractivity contribution >= 4 is 33.2 Å². The molecule has 1 aliphatic carbocycles. The highest BCUT2D eigenvalue weighted by Crippen LogP contribution is 2.36. The van der Waals surface area contributed by atoms with Gasteiger partial charge in [-0.3, -0.25) is 8.98 Å². The number of ketones is 1. The van der Waals surface area contributed by atoms with Gasteiger partial charge in [-0.05, 0) is 48.9 Å². The number of rotatable bonds is 8. The summed E-state index contributed by atoms with van der Waals surface area (Å²) in [5, 5.41) is 22.1. The summed E-state index contributed by atoms with van der Waals surface area (Å²) in [5.74, 6) is -0.219. The van der Waals surface area contributed by atoms with E-state index in [0.717, 1.165) is 23.4 Å². The molecule has 10 nitrogen and oxygen atoms in total. The maximum Gasteiger partial charge on any atom is 0.333 e. The van der Waals surface area contributed by atoms with E-state index in [0.29, 0.717) is 29.1 Å². The number of nitrogens with one attached hydrogen (secondary N) is 2. The molecule has 1 aliphatic heterocycles. The summed E-state index contributed by atoms with van der Waals surface area (Å²) in [6.07, 6.45) is 3.85. The van der Waals surface area contributed by atoms with Crippen LogP contribution in [0.25, 0.3) is 0 Å². The molecule has 0 saturated heterocycles. The number of fused-ring (bicyclic) bond motifs is 1. The Labute approximate surface area is 219 Å². The lowest BCUT2D eigenvalue weighted by atomic mass is 9.90. The number of nitrogens with two attached hydrogens (primary N) is 1. The van der Waals surface area contributed by atoms with Gasteiger partial charge in [0, 0.05) is 29.6 Å². The number of thiophene rings is 1. The fraction of sp³-hybridized carbons (Fsp3) is 0.400. The summed E-state index contributed by atoms with van der Waals surface area (Å²) in [6, 6.07) is 10.1. The molecule has 37 heavy (non-hydrogen) atoms. The third-order valence-electron chi connectivity index (χ3n) is 7.00. The van der Waals surface area contributed by atoms with Gasteiger partial charge in [0.1, 0.15) is 12.1 Å². The molecule has 2 aromatic heterocycles. The number of hydrogen-bond donors (Lipinski definition) is 4. The summed E-state index contributed by atoms with van der Waals surface area (Å²) in [4.78, 5) is 23.6. The Bertz CT molecular complexity index is 1410. The predicted octanol–water partition coefficient (Wildman–Crippen LogP) is 2.08. The largest absolute Gasteiger partial charge is 0.393 e. The van der Waals surface area contributed by atoms with Crippen molar-refractivity contribution < 1.29 is 22.5 Å². The first-order valence-corrected chi connectivity index (χ1v) is 14.4. The molecule has 1 aromatic carbocycles. The maximum absolute atomic E-state index is 13.6. The molecule has 12 heteroatoms. The number of carbonyl (C=O) groups is 1. The molecule has 4 atom stereocenters. The lowest BCUT2D eigenvalue weighted by Gasteiger charge is -2.27. The van der Waals surface area contributed by atoms with Crippen LogP contribution in [-0.4, -0.2) is 54.6 Å². The Kier molecular flexibility index (Phi) is 7.39. The van der Waals surface area contributed by atoms with Crippen LogP contribution in [0.5, 0.6) is 0 Å². The average Bonchev–Trinajstić information content (AvgIpc) is 3.43. The van der Waals surface area contributed by atoms with E-state index in [1.807, 2.05) is 19.1 Å². The minimum Gasteiger partial charge on any atom is -0.393 e. The first-order valence-electron chi connectivity index (χ1n) is 12.1. The van der Waals surface area contributed by atoms with Gasteiger partial charge in [0.25, 0.3) is 0 Å². The van der Waals surface area contributed by atoms with E-state index in [4.69, 9.17) is 5.14 Å². The molecule has 196 valence electrons. The Morgan fingerprint density at radius 2 is 2.11 bits per heavy atom. The standard InChI is InChI=1S/C25H29N5O5S2/c1-14-19(23-18-5-3-2-4-15(18)6-7-28-23)10-22(36-14)24(32)20-11-27-13-29-25(20)30-17-8-16(21(31)9-17)12-35-37(26,33)34/h2-5,10-11,13,16-17,21,23,28,31H,6-9,12H2,1H3,(H2,26,33,34)(H,27,29,30)/t16-,17?,21+,23?/m1/s1. The summed E-state index contributed by atoms with van der Waals surface area (Å²) in [7, 11) is -4.09. The molecule has 2 unspecified atom stereocenters. The SMILES string of the molecule is Cc1sc(C(=O)c2cncnc2NC2C[C@H](COS(N)(=O)=O)[C@@H](O)C2)cc1C1NCCc2ccccc21. The molecule has 5 N–H and O–H groups in total. The first-order chi connectivity index (χ1) is 17.7. The summed E-state index contributed by atoms with van der Waals surface area (Å²) in [5.41, 5.74) is 3.98. The highest BCUT2D eigenvalue weighted by molar-refractivity contribution is 7.84. The quantitative estimate of drug-likeness (QED) is 0.312. The van der Waals surface area contributed by atoms with Crippen LogP contribution in [0, 0.1) is 12.8 Å². The normalized spacial score (nSPS) is 23.5. The van der Waals surface area contributed by atoms with Crippen molar-refractivity contribution in [1.29, 1.82) is 0 Å². The average molecular weight is 544 g/mol. The lowest BCUT2D eigenvalue weighted by molar-refractivity contribution is 0.101. The summed E-state index contributed by atoms with van der Waals surface area (Å²) >= 11 is 1.45. The van der Waals surface area contributed by atoms with Gasteiger partial charge in [-0.15, -0.1) is 11.3 Å². The molecular weight excluding hydrogens is 514 g/mol. The van der Waals surface area contributed by atoms with E-state index >= 15 is 0 Å². The zero-order valence-corrected chi connectivity index (χ0v) is 21.9. The molecule has 1 fully saturated rings. The van der Waals surface area contributed by atoms with E-state index in [2.05, 4.69) is 43.0 Å². The van der Waals surface area contributed by atoms with Crippen molar-refractivity contribution in [2.45, 2.75) is 44.4 Å². The van der Waals surface area contributed by atoms with Gasteiger partial charge in [0.15, 0.2) is 0 Å². The summed E-state index contributed by atoms with van der Waals surface area (Å²) in [6.45, 7) is 2.70. The Morgan fingerprint density at radius 1 is 1.30 bits per heavy atom. The fourth-order valence-electron chi connectivity index (χ4n) is 5.20. The van der Waals surface area contributed by atoms with Crippen LogP contribution in [-0.2, 0) is 20.9 Å². The topological polar surface area (TPSA) is 157 Å². The van der Waals surface area contributed by atoms with Crippen molar-refractivity contribution in [3.8, 4) is 0 Å². The molecule has 0 spiro atoms. The lowest BCUT2D eigenvalue weighted by Crippen LogP contribution is -2.30. The second-order valence-corrected chi connectivity index (χ2v) is 12.0. The molecular formula is C25H29N5O5S2. The van der Waals surface area contributed by atoms with Crippen LogP contribution >= 0.6 is 11.3 Å². The monoisotopic (exact) mass is 543 g/mol. The Hall–Kier alpha value is -2.74. The van der Waals surface area contributed by atoms with Crippen molar-refractivity contribution in [2.24, 2.45) is 11.1 Å². The van der Waals surface area contributed by atoms with Gasteiger partial charge < -0.3 is 15.7 Å². The predicted molar refractivity (Wildman–Crippen MR) is 140 cm³/mol.